The molecule has 0 spiro atoms. The van der Waals surface area contributed by atoms with Gasteiger partial charge in [-0.2, -0.15) is 19.9 Å². The molecule has 8 aromatic rings. The van der Waals surface area contributed by atoms with Gasteiger partial charge in [-0.25, -0.2) is 19.9 Å². The van der Waals surface area contributed by atoms with Crippen molar-refractivity contribution >= 4 is 140 Å². The van der Waals surface area contributed by atoms with Gasteiger partial charge in [0.25, 0.3) is 23.6 Å². The van der Waals surface area contributed by atoms with Gasteiger partial charge < -0.3 is 106 Å². The third-order valence-corrected chi connectivity index (χ3v) is 26.6. The van der Waals surface area contributed by atoms with Crippen LogP contribution in [0.4, 0.5) is 92.6 Å². The zero-order valence-electron chi connectivity index (χ0n) is 78.5. The number of aromatic nitrogens is 8. The topological polar surface area (TPSA) is 402 Å². The van der Waals surface area contributed by atoms with E-state index >= 15 is 0 Å². The Morgan fingerprint density at radius 3 is 1.23 bits per heavy atom. The second-order valence-corrected chi connectivity index (χ2v) is 35.7. The number of benzene rings is 4. The Kier molecular flexibility index (Phi) is 29.9. The summed E-state index contributed by atoms with van der Waals surface area (Å²) in [5.74, 6) is 6.28. The summed E-state index contributed by atoms with van der Waals surface area (Å²) in [6.45, 7) is 9.75. The quantitative estimate of drug-likeness (QED) is 0.0351. The number of carbonyl (C=O) groups is 8. The van der Waals surface area contributed by atoms with Crippen molar-refractivity contribution in [1.82, 2.24) is 66.0 Å². The van der Waals surface area contributed by atoms with Gasteiger partial charge in [-0.15, -0.1) is 0 Å². The van der Waals surface area contributed by atoms with Gasteiger partial charge >= 0.3 is 0 Å². The predicted octanol–water partition coefficient (Wildman–Crippen LogP) is 11.6. The van der Waals surface area contributed by atoms with Crippen LogP contribution in [0.5, 0.6) is 23.0 Å². The molecule has 5 fully saturated rings. The molecule has 9 heterocycles. The first-order chi connectivity index (χ1) is 63.5. The Bertz CT molecular complexity index is 5560. The molecule has 702 valence electrons. The molecular weight excluding hydrogens is 1680 g/mol. The molecule has 4 aromatic carbocycles. The van der Waals surface area contributed by atoms with E-state index in [1.54, 1.807) is 188 Å². The Morgan fingerprint density at radius 2 is 0.795 bits per heavy atom. The lowest BCUT2D eigenvalue weighted by atomic mass is 9.91. The number of amides is 8. The number of anilines is 16. The SMILES string of the molecule is CNC(=O)c1ccc(Nc2ncc3c(n2)N(C2CCCC2)CC(C)(C)C(=O)N3C)c(OC)c1.CNC(=O)c1ccc(Nc2ncc3c(n2)N(C2CCCC2)C[C@H](C)C(=O)N3C)c(OC)c1.CNC(=O)c1ccc(Nc2ncc3c(n2)N(C2CCCC2)[C@@H]2CCC[C@@H]2C(=O)N3C)c(OC)c1.COc1cc(C(=O)NC2CCN(C)CC2)ccc1Nc1ncc2c(n1)N(C)CCC(=O)N2C. The van der Waals surface area contributed by atoms with E-state index < -0.39 is 5.41 Å². The molecule has 4 aliphatic carbocycles. The minimum Gasteiger partial charge on any atom is -0.495 e. The number of carbonyl (C=O) groups excluding carboxylic acids is 8. The average Bonchev–Trinajstić information content (AvgIpc) is 1.60. The highest BCUT2D eigenvalue weighted by molar-refractivity contribution is 6.04. The van der Waals surface area contributed by atoms with Gasteiger partial charge in [0.15, 0.2) is 23.3 Å². The smallest absolute Gasteiger partial charge is 0.251 e. The third kappa shape index (κ3) is 20.8. The monoisotopic (exact) mass is 1810 g/mol. The fourth-order valence-electron chi connectivity index (χ4n) is 19.1. The van der Waals surface area contributed by atoms with Crippen molar-refractivity contribution in [3.8, 4) is 23.0 Å². The van der Waals surface area contributed by atoms with E-state index in [9.17, 15) is 38.4 Å². The van der Waals surface area contributed by atoms with Crippen LogP contribution in [0.15, 0.2) is 97.6 Å². The summed E-state index contributed by atoms with van der Waals surface area (Å²) < 4.78 is 22.0. The molecule has 1 saturated heterocycles. The van der Waals surface area contributed by atoms with Crippen LogP contribution in [-0.4, -0.2) is 247 Å². The summed E-state index contributed by atoms with van der Waals surface area (Å²) in [4.78, 5) is 155. The van der Waals surface area contributed by atoms with Crippen LogP contribution in [0.3, 0.4) is 0 Å². The molecule has 4 saturated carbocycles. The van der Waals surface area contributed by atoms with Gasteiger partial charge in [0, 0.05) is 135 Å². The number of nitrogens with one attached hydrogen (secondary N) is 8. The van der Waals surface area contributed by atoms with E-state index in [0.29, 0.717) is 153 Å². The minimum absolute atomic E-state index is 0.00793. The second kappa shape index (κ2) is 41.7. The van der Waals surface area contributed by atoms with Crippen LogP contribution in [0.2, 0.25) is 0 Å². The average molecular weight is 1810 g/mol. The van der Waals surface area contributed by atoms with Crippen LogP contribution in [-0.2, 0) is 19.2 Å². The lowest BCUT2D eigenvalue weighted by molar-refractivity contribution is -0.126. The fourth-order valence-corrected chi connectivity index (χ4v) is 19.1. The van der Waals surface area contributed by atoms with E-state index in [2.05, 4.69) is 94.1 Å². The Labute approximate surface area is 771 Å². The zero-order chi connectivity index (χ0) is 93.9. The molecule has 9 aliphatic rings. The number of hydrogen-bond donors (Lipinski definition) is 8. The predicted molar refractivity (Wildman–Crippen MR) is 511 cm³/mol. The molecule has 8 N–H and O–H groups in total. The van der Waals surface area contributed by atoms with Crippen molar-refractivity contribution in [1.29, 1.82) is 0 Å². The number of methoxy groups -OCH3 is 4. The van der Waals surface area contributed by atoms with Crippen molar-refractivity contribution in [3.05, 3.63) is 120 Å². The number of rotatable bonds is 20. The van der Waals surface area contributed by atoms with Gasteiger partial charge in [0.2, 0.25) is 47.4 Å². The molecule has 0 bridgehead atoms. The lowest BCUT2D eigenvalue weighted by Gasteiger charge is -2.36. The van der Waals surface area contributed by atoms with Crippen molar-refractivity contribution in [2.75, 3.05) is 185 Å². The van der Waals surface area contributed by atoms with Crippen molar-refractivity contribution < 1.29 is 57.3 Å². The van der Waals surface area contributed by atoms with E-state index in [-0.39, 0.29) is 71.2 Å². The molecule has 37 nitrogen and oxygen atoms in total. The maximum atomic E-state index is 13.3. The summed E-state index contributed by atoms with van der Waals surface area (Å²) in [6, 6.07) is 22.3. The van der Waals surface area contributed by atoms with Crippen LogP contribution < -0.4 is 101 Å². The molecule has 3 atom stereocenters. The summed E-state index contributed by atoms with van der Waals surface area (Å²) in [5.41, 5.74) is 6.98. The van der Waals surface area contributed by atoms with Crippen LogP contribution >= 0.6 is 0 Å². The van der Waals surface area contributed by atoms with Gasteiger partial charge in [-0.05, 0) is 171 Å². The van der Waals surface area contributed by atoms with Crippen LogP contribution in [0, 0.1) is 17.3 Å². The third-order valence-electron chi connectivity index (χ3n) is 26.6. The summed E-state index contributed by atoms with van der Waals surface area (Å²) in [5, 5.41) is 23.9. The van der Waals surface area contributed by atoms with Crippen molar-refractivity contribution in [3.63, 3.8) is 0 Å². The van der Waals surface area contributed by atoms with E-state index in [1.807, 2.05) is 39.8 Å². The molecule has 132 heavy (non-hydrogen) atoms. The largest absolute Gasteiger partial charge is 0.495 e. The molecular formula is C95H125N25O12. The Hall–Kier alpha value is -13.5. The second-order valence-electron chi connectivity index (χ2n) is 35.7. The first-order valence-corrected chi connectivity index (χ1v) is 45.6. The fraction of sp³-hybridized carbons (Fsp3) is 0.495. The normalized spacial score (nSPS) is 19.2. The zero-order valence-corrected chi connectivity index (χ0v) is 78.5. The first-order valence-electron chi connectivity index (χ1n) is 45.6. The Morgan fingerprint density at radius 1 is 0.417 bits per heavy atom. The maximum absolute atomic E-state index is 13.3. The molecule has 17 rings (SSSR count). The Balaban J connectivity index is 0.000000142. The molecule has 5 aliphatic heterocycles. The molecule has 37 heteroatoms. The maximum Gasteiger partial charge on any atom is 0.251 e. The molecule has 4 aromatic heterocycles. The number of ether oxygens (including phenoxy) is 4. The van der Waals surface area contributed by atoms with Crippen molar-refractivity contribution in [2.45, 2.75) is 167 Å². The molecule has 8 amide bonds. The number of likely N-dealkylation sites (tertiary alicyclic amines) is 1. The minimum atomic E-state index is -0.537. The van der Waals surface area contributed by atoms with Gasteiger partial charge in [-0.1, -0.05) is 51.9 Å². The number of hydrogen-bond acceptors (Lipinski definition) is 29. The van der Waals surface area contributed by atoms with Gasteiger partial charge in [0.05, 0.1) is 93.2 Å². The first kappa shape index (κ1) is 94.6. The number of nitrogens with zero attached hydrogens (tertiary/aromatic N) is 17. The van der Waals surface area contributed by atoms with E-state index in [1.165, 1.54) is 38.5 Å². The summed E-state index contributed by atoms with van der Waals surface area (Å²) in [6.07, 6.45) is 25.9. The van der Waals surface area contributed by atoms with E-state index in [0.717, 1.165) is 113 Å². The standard InChI is InChI=1S/C25H32N6O3.C24H32N6O3.C23H31N7O3.C23H30N6O3/c1-26-23(32)15-11-12-18(21(13-15)34-3)28-25-27-14-20-22(29-25)31(16-7-4-5-8-16)19-10-6-9-17(19)24(33)30(20)2;1-24(2)14-30(16-8-6-7-9-16)20-18(29(4)22(24)32)13-26-23(28-20)27-17-11-10-15(21(31)25-3)12-19(17)33-5;1-28-10-7-16(8-11-28)25-22(32)15-5-6-17(19(13-15)33-4)26-23-24-14-18-21(27-23)29(2)12-9-20(31)30(18)3;1-14-13-29(16-7-5-6-8-16)20-18(28(3)22(14)31)12-25-23(27-20)26-17-10-9-15(21(30)24-2)11-19(17)32-4/h11-14,16-17,19H,4-10H2,1-3H3,(H,26,32)(H,27,28,29);10-13,16H,6-9,14H2,1-5H3,(H,25,31)(H,26,27,28);5-6,13-14,16H,7-12H2,1-4H3,(H,25,32)(H,24,26,27);9-12,14,16H,5-8,13H2,1-4H3,(H,24,30)(H,25,26,27)/t17-,19+;;;14-/m0..0/s1. The molecule has 0 radical (unpaired) electrons. The highest BCUT2D eigenvalue weighted by Gasteiger charge is 2.47. The van der Waals surface area contributed by atoms with Crippen LogP contribution in [0.1, 0.15) is 178 Å². The summed E-state index contributed by atoms with van der Waals surface area (Å²) >= 11 is 0. The van der Waals surface area contributed by atoms with Crippen LogP contribution in [0.25, 0.3) is 0 Å². The highest BCUT2D eigenvalue weighted by Crippen LogP contribution is 2.48. The highest BCUT2D eigenvalue weighted by atomic mass is 16.5. The molecule has 0 unspecified atom stereocenters. The van der Waals surface area contributed by atoms with Gasteiger partial charge in [0.1, 0.15) is 45.7 Å². The van der Waals surface area contributed by atoms with Crippen molar-refractivity contribution in [2.24, 2.45) is 17.3 Å². The lowest BCUT2D eigenvalue weighted by Crippen LogP contribution is -2.46. The number of piperidine rings is 1. The van der Waals surface area contributed by atoms with E-state index in [4.69, 9.17) is 33.9 Å². The summed E-state index contributed by atoms with van der Waals surface area (Å²) in [7, 11) is 22.1. The number of fused-ring (bicyclic) bond motifs is 5. The van der Waals surface area contributed by atoms with Gasteiger partial charge in [-0.3, -0.25) is 38.4 Å².